The van der Waals surface area contributed by atoms with Gasteiger partial charge in [0.05, 0.1) is 23.7 Å². The third-order valence-electron chi connectivity index (χ3n) is 4.19. The van der Waals surface area contributed by atoms with Crippen LogP contribution in [0, 0.1) is 0 Å². The van der Waals surface area contributed by atoms with Crippen molar-refractivity contribution in [2.75, 3.05) is 13.6 Å². The van der Waals surface area contributed by atoms with E-state index >= 15 is 0 Å². The maximum Gasteiger partial charge on any atom is 0.253 e. The Labute approximate surface area is 183 Å². The van der Waals surface area contributed by atoms with E-state index in [1.807, 2.05) is 18.2 Å². The van der Waals surface area contributed by atoms with Crippen LogP contribution in [0.15, 0.2) is 59.0 Å². The largest absolute Gasteiger partial charge is 0.459 e. The van der Waals surface area contributed by atoms with Gasteiger partial charge in [-0.1, -0.05) is 34.8 Å². The Morgan fingerprint density at radius 2 is 1.66 bits per heavy atom. The van der Waals surface area contributed by atoms with Crippen LogP contribution in [0.4, 0.5) is 0 Å². The third-order valence-corrected chi connectivity index (χ3v) is 4.98. The molecule has 0 bridgehead atoms. The highest BCUT2D eigenvalue weighted by molar-refractivity contribution is 6.36. The zero-order valence-electron chi connectivity index (χ0n) is 15.4. The van der Waals surface area contributed by atoms with E-state index in [9.17, 15) is 9.59 Å². The second-order valence-corrected chi connectivity index (χ2v) is 7.61. The van der Waals surface area contributed by atoms with Crippen LogP contribution < -0.4 is 5.32 Å². The van der Waals surface area contributed by atoms with Gasteiger partial charge in [0.25, 0.3) is 5.91 Å². The zero-order valence-corrected chi connectivity index (χ0v) is 17.7. The van der Waals surface area contributed by atoms with Crippen LogP contribution in [-0.4, -0.2) is 30.3 Å². The number of rotatable bonds is 6. The molecule has 150 valence electrons. The highest BCUT2D eigenvalue weighted by Gasteiger charge is 2.16. The maximum atomic E-state index is 12.3. The van der Waals surface area contributed by atoms with Crippen molar-refractivity contribution < 1.29 is 14.0 Å². The van der Waals surface area contributed by atoms with Crippen molar-refractivity contribution in [2.45, 2.75) is 6.54 Å². The maximum absolute atomic E-state index is 12.3. The van der Waals surface area contributed by atoms with Crippen molar-refractivity contribution in [3.63, 3.8) is 0 Å². The lowest BCUT2D eigenvalue weighted by molar-refractivity contribution is -0.129. The smallest absolute Gasteiger partial charge is 0.253 e. The van der Waals surface area contributed by atoms with E-state index in [4.69, 9.17) is 39.2 Å². The number of nitrogens with one attached hydrogen (secondary N) is 1. The molecule has 5 nitrogen and oxygen atoms in total. The van der Waals surface area contributed by atoms with Crippen LogP contribution in [0.3, 0.4) is 0 Å². The summed E-state index contributed by atoms with van der Waals surface area (Å²) in [6.45, 7) is 0.100. The number of benzene rings is 2. The predicted octanol–water partition coefficient (Wildman–Crippen LogP) is 5.30. The Balaban J connectivity index is 1.55. The second-order valence-electron chi connectivity index (χ2n) is 6.33. The molecule has 0 aliphatic heterocycles. The molecule has 0 aliphatic carbocycles. The summed E-state index contributed by atoms with van der Waals surface area (Å²) in [6.07, 6.45) is 0. The Morgan fingerprint density at radius 1 is 0.966 bits per heavy atom. The minimum Gasteiger partial charge on any atom is -0.459 e. The number of amides is 2. The summed E-state index contributed by atoms with van der Waals surface area (Å²) in [7, 11) is 1.63. The fourth-order valence-corrected chi connectivity index (χ4v) is 3.23. The van der Waals surface area contributed by atoms with Gasteiger partial charge in [0.1, 0.15) is 11.5 Å². The van der Waals surface area contributed by atoms with E-state index in [1.54, 1.807) is 31.3 Å². The highest BCUT2D eigenvalue weighted by Crippen LogP contribution is 2.24. The lowest BCUT2D eigenvalue weighted by atomic mass is 10.2. The molecule has 0 aliphatic rings. The Kier molecular flexibility index (Phi) is 6.85. The van der Waals surface area contributed by atoms with Gasteiger partial charge < -0.3 is 14.6 Å². The lowest BCUT2D eigenvalue weighted by Gasteiger charge is -2.16. The number of carbonyl (C=O) groups excluding carboxylic acids is 2. The minimum absolute atomic E-state index is 0.168. The number of carbonyl (C=O) groups is 2. The molecule has 2 amide bonds. The van der Waals surface area contributed by atoms with Gasteiger partial charge in [-0.25, -0.2) is 0 Å². The van der Waals surface area contributed by atoms with Gasteiger partial charge in [-0.05, 0) is 54.6 Å². The quantitative estimate of drug-likeness (QED) is 0.553. The molecule has 3 aromatic rings. The van der Waals surface area contributed by atoms with Crippen LogP contribution in [0.5, 0.6) is 0 Å². The molecule has 29 heavy (non-hydrogen) atoms. The molecule has 0 spiro atoms. The normalized spacial score (nSPS) is 10.6. The number of halogens is 3. The van der Waals surface area contributed by atoms with Gasteiger partial charge in [0, 0.05) is 22.7 Å². The minimum atomic E-state index is -0.448. The molecule has 2 aromatic carbocycles. The van der Waals surface area contributed by atoms with E-state index in [2.05, 4.69) is 5.32 Å². The molecule has 1 N–H and O–H groups in total. The first-order valence-electron chi connectivity index (χ1n) is 8.65. The predicted molar refractivity (Wildman–Crippen MR) is 114 cm³/mol. The van der Waals surface area contributed by atoms with Crippen LogP contribution >= 0.6 is 34.8 Å². The van der Waals surface area contributed by atoms with E-state index < -0.39 is 5.91 Å². The average Bonchev–Trinajstić information content (AvgIpc) is 3.14. The van der Waals surface area contributed by atoms with Crippen LogP contribution in [0.2, 0.25) is 15.1 Å². The Bertz CT molecular complexity index is 1030. The summed E-state index contributed by atoms with van der Waals surface area (Å²) in [6, 6.07) is 15.5. The van der Waals surface area contributed by atoms with Crippen LogP contribution in [-0.2, 0) is 11.3 Å². The summed E-state index contributed by atoms with van der Waals surface area (Å²) in [5, 5.41) is 3.86. The van der Waals surface area contributed by atoms with Crippen LogP contribution in [0.1, 0.15) is 16.1 Å². The van der Waals surface area contributed by atoms with Gasteiger partial charge in [-0.15, -0.1) is 0 Å². The first-order valence-corrected chi connectivity index (χ1v) is 9.79. The number of nitrogens with zero attached hydrogens (tertiary/aromatic N) is 1. The molecule has 0 radical (unpaired) electrons. The molecule has 3 rings (SSSR count). The number of hydrogen-bond donors (Lipinski definition) is 1. The monoisotopic (exact) mass is 450 g/mol. The molecule has 1 heterocycles. The molecule has 0 saturated heterocycles. The topological polar surface area (TPSA) is 62.6 Å². The van der Waals surface area contributed by atoms with Gasteiger partial charge >= 0.3 is 0 Å². The summed E-state index contributed by atoms with van der Waals surface area (Å²) >= 11 is 17.7. The molecular formula is C21H17Cl3N2O3. The first kappa shape index (κ1) is 21.2. The fourth-order valence-electron chi connectivity index (χ4n) is 2.61. The standard InChI is InChI=1S/C21H17Cl3N2O3/c1-26(12-16-7-9-19(29-16)13-2-4-14(22)5-3-13)20(27)11-25-21(28)17-8-6-15(23)10-18(17)24/h2-10H,11-12H2,1H3,(H,25,28). The summed E-state index contributed by atoms with van der Waals surface area (Å²) < 4.78 is 5.80. The first-order chi connectivity index (χ1) is 13.8. The van der Waals surface area contributed by atoms with Crippen molar-refractivity contribution in [1.29, 1.82) is 0 Å². The highest BCUT2D eigenvalue weighted by atomic mass is 35.5. The molecule has 0 unspecified atom stereocenters. The molecule has 0 atom stereocenters. The molecule has 0 saturated carbocycles. The van der Waals surface area contributed by atoms with Crippen molar-refractivity contribution in [3.05, 3.63) is 81.0 Å². The summed E-state index contributed by atoms with van der Waals surface area (Å²) in [5.74, 6) is 0.588. The van der Waals surface area contributed by atoms with Crippen molar-refractivity contribution >= 4 is 46.6 Å². The Morgan fingerprint density at radius 3 is 2.34 bits per heavy atom. The van der Waals surface area contributed by atoms with Gasteiger partial charge in [-0.3, -0.25) is 9.59 Å². The molecule has 8 heteroatoms. The number of hydrogen-bond acceptors (Lipinski definition) is 3. The zero-order chi connectivity index (χ0) is 21.0. The van der Waals surface area contributed by atoms with Gasteiger partial charge in [0.2, 0.25) is 5.91 Å². The Hall–Kier alpha value is -2.47. The second kappa shape index (κ2) is 9.35. The van der Waals surface area contributed by atoms with Gasteiger partial charge in [-0.2, -0.15) is 0 Å². The van der Waals surface area contributed by atoms with Crippen LogP contribution in [0.25, 0.3) is 11.3 Å². The van der Waals surface area contributed by atoms with E-state index in [0.29, 0.717) is 21.6 Å². The number of likely N-dealkylation sites (N-methyl/N-ethyl adjacent to an activating group) is 1. The third kappa shape index (κ3) is 5.54. The van der Waals surface area contributed by atoms with E-state index in [1.165, 1.54) is 17.0 Å². The van der Waals surface area contributed by atoms with Crippen molar-refractivity contribution in [1.82, 2.24) is 10.2 Å². The van der Waals surface area contributed by atoms with E-state index in [-0.39, 0.29) is 29.6 Å². The molecule has 1 aromatic heterocycles. The average molecular weight is 452 g/mol. The fraction of sp³-hybridized carbons (Fsp3) is 0.143. The van der Waals surface area contributed by atoms with E-state index in [0.717, 1.165) is 5.56 Å². The molecule has 0 fully saturated rings. The summed E-state index contributed by atoms with van der Waals surface area (Å²) in [5.41, 5.74) is 1.15. The molecular weight excluding hydrogens is 435 g/mol. The van der Waals surface area contributed by atoms with Crippen molar-refractivity contribution in [2.24, 2.45) is 0 Å². The van der Waals surface area contributed by atoms with Crippen molar-refractivity contribution in [3.8, 4) is 11.3 Å². The number of furan rings is 1. The van der Waals surface area contributed by atoms with Gasteiger partial charge in [0.15, 0.2) is 0 Å². The SMILES string of the molecule is CN(Cc1ccc(-c2ccc(Cl)cc2)o1)C(=O)CNC(=O)c1ccc(Cl)cc1Cl. The lowest BCUT2D eigenvalue weighted by Crippen LogP contribution is -2.37. The summed E-state index contributed by atoms with van der Waals surface area (Å²) in [4.78, 5) is 26.0.